The maximum atomic E-state index is 14.3. The van der Waals surface area contributed by atoms with Gasteiger partial charge in [0.05, 0.1) is 18.2 Å². The normalized spacial score (nSPS) is 20.0. The number of alkyl halides is 3. The summed E-state index contributed by atoms with van der Waals surface area (Å²) in [6.07, 6.45) is -2.92. The predicted molar refractivity (Wildman–Crippen MR) is 128 cm³/mol. The van der Waals surface area contributed by atoms with Crippen molar-refractivity contribution >= 4 is 16.6 Å². The zero-order chi connectivity index (χ0) is 25.7. The summed E-state index contributed by atoms with van der Waals surface area (Å²) < 4.78 is 50.2. The molecule has 0 bridgehead atoms. The van der Waals surface area contributed by atoms with Crippen molar-refractivity contribution in [3.05, 3.63) is 54.2 Å². The minimum absolute atomic E-state index is 0.0304. The molecule has 36 heavy (non-hydrogen) atoms. The standard InChI is InChI=1S/C25H27F3N6O2/c1-15(2)36-19-5-3-4-16-6-8-18(30-21(16)19)23-32-31-20-9-7-17(12-34(20)23)22(25(26,27)28)33-11-10-24(29,13-33)14-35/h3-9,12,15,22,35H,10-11,13-14,29H2,1-2H3/t22-,24?/m1/s1. The molecule has 1 aliphatic heterocycles. The van der Waals surface area contributed by atoms with E-state index in [2.05, 4.69) is 10.2 Å². The van der Waals surface area contributed by atoms with Gasteiger partial charge in [0.1, 0.15) is 23.0 Å². The summed E-state index contributed by atoms with van der Waals surface area (Å²) in [5.41, 5.74) is 6.52. The van der Waals surface area contributed by atoms with E-state index in [1.807, 2.05) is 38.1 Å². The number of pyridine rings is 2. The molecular weight excluding hydrogens is 473 g/mol. The van der Waals surface area contributed by atoms with E-state index in [1.165, 1.54) is 27.6 Å². The largest absolute Gasteiger partial charge is 0.489 e. The van der Waals surface area contributed by atoms with Gasteiger partial charge in [0.2, 0.25) is 0 Å². The van der Waals surface area contributed by atoms with E-state index in [1.54, 1.807) is 6.07 Å². The molecule has 0 radical (unpaired) electrons. The molecule has 0 aliphatic carbocycles. The number of nitrogens with zero attached hydrogens (tertiary/aromatic N) is 5. The van der Waals surface area contributed by atoms with Crippen molar-refractivity contribution in [2.75, 3.05) is 19.7 Å². The molecule has 1 unspecified atom stereocenters. The monoisotopic (exact) mass is 500 g/mol. The minimum atomic E-state index is -4.55. The number of benzene rings is 1. The van der Waals surface area contributed by atoms with Crippen LogP contribution in [-0.4, -0.2) is 67.1 Å². The number of hydrogen-bond donors (Lipinski definition) is 2. The fourth-order valence-electron chi connectivity index (χ4n) is 4.72. The van der Waals surface area contributed by atoms with Crippen LogP contribution in [0.1, 0.15) is 31.9 Å². The fraction of sp³-hybridized carbons (Fsp3) is 0.400. The third kappa shape index (κ3) is 4.49. The Morgan fingerprint density at radius 2 is 1.94 bits per heavy atom. The Balaban J connectivity index is 1.58. The molecule has 3 N–H and O–H groups in total. The van der Waals surface area contributed by atoms with E-state index < -0.39 is 17.8 Å². The van der Waals surface area contributed by atoms with Crippen LogP contribution in [0.3, 0.4) is 0 Å². The fourth-order valence-corrected chi connectivity index (χ4v) is 4.72. The van der Waals surface area contributed by atoms with Crippen molar-refractivity contribution in [1.29, 1.82) is 0 Å². The molecule has 11 heteroatoms. The third-order valence-corrected chi connectivity index (χ3v) is 6.42. The van der Waals surface area contributed by atoms with Gasteiger partial charge in [-0.05, 0) is 44.0 Å². The van der Waals surface area contributed by atoms with Crippen LogP contribution < -0.4 is 10.5 Å². The number of aliphatic hydroxyl groups excluding tert-OH is 1. The molecule has 0 amide bonds. The van der Waals surface area contributed by atoms with Gasteiger partial charge in [-0.25, -0.2) is 4.98 Å². The first-order valence-electron chi connectivity index (χ1n) is 11.7. The second kappa shape index (κ2) is 8.99. The molecule has 4 aromatic rings. The van der Waals surface area contributed by atoms with Crippen LogP contribution in [0.4, 0.5) is 13.2 Å². The molecule has 1 aromatic carbocycles. The van der Waals surface area contributed by atoms with Crippen LogP contribution in [0.5, 0.6) is 5.75 Å². The Kier molecular flexibility index (Phi) is 6.09. The quantitative estimate of drug-likeness (QED) is 0.416. The van der Waals surface area contributed by atoms with Crippen molar-refractivity contribution < 1.29 is 23.0 Å². The Bertz CT molecular complexity index is 1410. The lowest BCUT2D eigenvalue weighted by Crippen LogP contribution is -2.48. The van der Waals surface area contributed by atoms with Gasteiger partial charge in [0.25, 0.3) is 0 Å². The van der Waals surface area contributed by atoms with Crippen LogP contribution in [0.15, 0.2) is 48.7 Å². The van der Waals surface area contributed by atoms with Crippen molar-refractivity contribution in [3.63, 3.8) is 0 Å². The van der Waals surface area contributed by atoms with Gasteiger partial charge in [-0.15, -0.1) is 10.2 Å². The minimum Gasteiger partial charge on any atom is -0.489 e. The first-order chi connectivity index (χ1) is 17.1. The molecule has 0 spiro atoms. The van der Waals surface area contributed by atoms with E-state index >= 15 is 0 Å². The summed E-state index contributed by atoms with van der Waals surface area (Å²) in [4.78, 5) is 6.00. The number of likely N-dealkylation sites (tertiary alicyclic amines) is 1. The number of para-hydroxylation sites is 1. The first kappa shape index (κ1) is 24.4. The van der Waals surface area contributed by atoms with Crippen molar-refractivity contribution in [3.8, 4) is 17.3 Å². The lowest BCUT2D eigenvalue weighted by molar-refractivity contribution is -0.184. The highest BCUT2D eigenvalue weighted by atomic mass is 19.4. The van der Waals surface area contributed by atoms with Gasteiger partial charge in [-0.1, -0.05) is 24.3 Å². The van der Waals surface area contributed by atoms with E-state index in [4.69, 9.17) is 15.5 Å². The van der Waals surface area contributed by atoms with E-state index in [-0.39, 0.29) is 37.8 Å². The summed E-state index contributed by atoms with van der Waals surface area (Å²) >= 11 is 0. The van der Waals surface area contributed by atoms with Gasteiger partial charge in [-0.2, -0.15) is 13.2 Å². The van der Waals surface area contributed by atoms with Crippen LogP contribution in [0.2, 0.25) is 0 Å². The van der Waals surface area contributed by atoms with Crippen LogP contribution in [0, 0.1) is 0 Å². The summed E-state index contributed by atoms with van der Waals surface area (Å²) in [7, 11) is 0. The number of ether oxygens (including phenoxy) is 1. The number of hydrogen-bond acceptors (Lipinski definition) is 7. The molecule has 1 aliphatic rings. The van der Waals surface area contributed by atoms with Gasteiger partial charge in [0, 0.05) is 24.7 Å². The average molecular weight is 501 g/mol. The van der Waals surface area contributed by atoms with Crippen LogP contribution in [-0.2, 0) is 0 Å². The molecule has 1 saturated heterocycles. The van der Waals surface area contributed by atoms with Gasteiger partial charge < -0.3 is 15.6 Å². The Labute approximate surface area is 205 Å². The molecule has 1 fully saturated rings. The molecule has 3 aromatic heterocycles. The highest BCUT2D eigenvalue weighted by Gasteiger charge is 2.49. The number of halogens is 3. The van der Waals surface area contributed by atoms with Crippen LogP contribution >= 0.6 is 0 Å². The average Bonchev–Trinajstić information content (AvgIpc) is 3.42. The number of rotatable bonds is 6. The van der Waals surface area contributed by atoms with E-state index in [9.17, 15) is 18.3 Å². The lowest BCUT2D eigenvalue weighted by atomic mass is 10.0. The highest BCUT2D eigenvalue weighted by molar-refractivity contribution is 5.86. The summed E-state index contributed by atoms with van der Waals surface area (Å²) in [6.45, 7) is 3.52. The predicted octanol–water partition coefficient (Wildman–Crippen LogP) is 3.73. The molecule has 0 saturated carbocycles. The molecule has 8 nitrogen and oxygen atoms in total. The first-order valence-corrected chi connectivity index (χ1v) is 11.7. The zero-order valence-corrected chi connectivity index (χ0v) is 19.9. The molecule has 4 heterocycles. The van der Waals surface area contributed by atoms with Crippen LogP contribution in [0.25, 0.3) is 28.1 Å². The van der Waals surface area contributed by atoms with E-state index in [0.717, 1.165) is 5.39 Å². The zero-order valence-electron chi connectivity index (χ0n) is 19.9. The van der Waals surface area contributed by atoms with Gasteiger partial charge in [0.15, 0.2) is 11.5 Å². The van der Waals surface area contributed by atoms with Gasteiger partial charge >= 0.3 is 6.18 Å². The molecule has 5 rings (SSSR count). The van der Waals surface area contributed by atoms with Gasteiger partial charge in [-0.3, -0.25) is 9.30 Å². The van der Waals surface area contributed by atoms with E-state index in [0.29, 0.717) is 28.4 Å². The third-order valence-electron chi connectivity index (χ3n) is 6.42. The summed E-state index contributed by atoms with van der Waals surface area (Å²) in [5.74, 6) is 0.929. The smallest absolute Gasteiger partial charge is 0.408 e. The van der Waals surface area contributed by atoms with Crippen molar-refractivity contribution in [1.82, 2.24) is 24.5 Å². The number of fused-ring (bicyclic) bond motifs is 2. The summed E-state index contributed by atoms with van der Waals surface area (Å²) in [5, 5.41) is 18.8. The van der Waals surface area contributed by atoms with Crippen molar-refractivity contribution in [2.45, 2.75) is 44.1 Å². The Morgan fingerprint density at radius 3 is 2.64 bits per heavy atom. The number of nitrogens with two attached hydrogens (primary N) is 1. The maximum absolute atomic E-state index is 14.3. The van der Waals surface area contributed by atoms with Crippen molar-refractivity contribution in [2.24, 2.45) is 5.73 Å². The SMILES string of the molecule is CC(C)Oc1cccc2ccc(-c3nnc4ccc([C@@H](N5CCC(N)(CO)C5)C(F)(F)F)cn34)nc12. The topological polar surface area (TPSA) is 102 Å². The highest BCUT2D eigenvalue weighted by Crippen LogP contribution is 2.41. The summed E-state index contributed by atoms with van der Waals surface area (Å²) in [6, 6.07) is 10.3. The Morgan fingerprint density at radius 1 is 1.14 bits per heavy atom. The second-order valence-electron chi connectivity index (χ2n) is 9.59. The molecule has 190 valence electrons. The molecule has 2 atom stereocenters. The maximum Gasteiger partial charge on any atom is 0.408 e. The number of aromatic nitrogens is 4. The Hall–Kier alpha value is -3.28. The number of aliphatic hydroxyl groups is 1. The molecular formula is C25H27F3N6O2. The second-order valence-corrected chi connectivity index (χ2v) is 9.59. The lowest BCUT2D eigenvalue weighted by Gasteiger charge is -2.31.